The first-order chi connectivity index (χ1) is 8.38. The summed E-state index contributed by atoms with van der Waals surface area (Å²) in [6.45, 7) is 3.21. The first-order valence-electron chi connectivity index (χ1n) is 6.68. The zero-order valence-corrected chi connectivity index (χ0v) is 12.2. The van der Waals surface area contributed by atoms with Gasteiger partial charge in [0.1, 0.15) is 0 Å². The molecule has 0 aliphatic heterocycles. The van der Waals surface area contributed by atoms with Gasteiger partial charge < -0.3 is 5.32 Å². The van der Waals surface area contributed by atoms with Crippen LogP contribution in [0.4, 0.5) is 5.13 Å². The van der Waals surface area contributed by atoms with Gasteiger partial charge in [0.25, 0.3) is 0 Å². The fourth-order valence-corrected chi connectivity index (χ4v) is 4.33. The highest BCUT2D eigenvalue weighted by molar-refractivity contribution is 7.99. The second-order valence-corrected chi connectivity index (χ2v) is 7.03. The molecule has 0 amide bonds. The molecule has 17 heavy (non-hydrogen) atoms. The molecule has 1 aliphatic carbocycles. The Bertz CT molecular complexity index is 319. The van der Waals surface area contributed by atoms with Gasteiger partial charge in [-0.25, -0.2) is 4.98 Å². The lowest BCUT2D eigenvalue weighted by Crippen LogP contribution is -2.07. The molecule has 1 aliphatic rings. The van der Waals surface area contributed by atoms with Crippen LogP contribution in [-0.4, -0.2) is 16.8 Å². The van der Waals surface area contributed by atoms with E-state index in [0.717, 1.165) is 29.1 Å². The molecule has 2 rings (SSSR count). The van der Waals surface area contributed by atoms with Crippen LogP contribution in [0.5, 0.6) is 0 Å². The van der Waals surface area contributed by atoms with E-state index in [1.807, 2.05) is 17.5 Å². The average molecular weight is 270 g/mol. The molecule has 0 atom stereocenters. The smallest absolute Gasteiger partial charge is 0.182 e. The number of hydrogen-bond acceptors (Lipinski definition) is 4. The van der Waals surface area contributed by atoms with Gasteiger partial charge in [-0.15, -0.1) is 11.3 Å². The van der Waals surface area contributed by atoms with Crippen molar-refractivity contribution in [1.82, 2.24) is 4.98 Å². The summed E-state index contributed by atoms with van der Waals surface area (Å²) >= 11 is 3.95. The standard InChI is InChI=1S/C13H22N2S2/c1-2-8-14-13-15-9-12(17-13)10-16-11-6-4-3-5-7-11/h9,11H,2-8,10H2,1H3,(H,14,15). The van der Waals surface area contributed by atoms with Crippen LogP contribution in [0, 0.1) is 0 Å². The zero-order valence-electron chi connectivity index (χ0n) is 10.6. The fraction of sp³-hybridized carbons (Fsp3) is 0.769. The Balaban J connectivity index is 1.72. The number of hydrogen-bond donors (Lipinski definition) is 1. The highest BCUT2D eigenvalue weighted by Gasteiger charge is 2.14. The van der Waals surface area contributed by atoms with Crippen LogP contribution in [0.15, 0.2) is 6.20 Å². The number of aromatic nitrogens is 1. The predicted molar refractivity (Wildman–Crippen MR) is 79.1 cm³/mol. The van der Waals surface area contributed by atoms with Crippen LogP contribution in [0.2, 0.25) is 0 Å². The largest absolute Gasteiger partial charge is 0.362 e. The third kappa shape index (κ3) is 4.51. The van der Waals surface area contributed by atoms with E-state index in [9.17, 15) is 0 Å². The summed E-state index contributed by atoms with van der Waals surface area (Å²) in [5, 5.41) is 5.34. The molecule has 1 saturated carbocycles. The molecule has 1 aromatic heterocycles. The van der Waals surface area contributed by atoms with Crippen LogP contribution in [0.25, 0.3) is 0 Å². The molecule has 2 nitrogen and oxygen atoms in total. The highest BCUT2D eigenvalue weighted by Crippen LogP contribution is 2.32. The number of thiazole rings is 1. The molecule has 0 unspecified atom stereocenters. The molecule has 1 heterocycles. The SMILES string of the molecule is CCCNc1ncc(CSC2CCCCC2)s1. The number of nitrogens with one attached hydrogen (secondary N) is 1. The summed E-state index contributed by atoms with van der Waals surface area (Å²) in [5.74, 6) is 1.15. The lowest BCUT2D eigenvalue weighted by Gasteiger charge is -2.20. The van der Waals surface area contributed by atoms with Crippen molar-refractivity contribution in [3.63, 3.8) is 0 Å². The van der Waals surface area contributed by atoms with Gasteiger partial charge >= 0.3 is 0 Å². The Morgan fingerprint density at radius 1 is 1.41 bits per heavy atom. The first-order valence-corrected chi connectivity index (χ1v) is 8.55. The minimum Gasteiger partial charge on any atom is -0.362 e. The predicted octanol–water partition coefficient (Wildman–Crippen LogP) is 4.53. The molecule has 1 aromatic rings. The first kappa shape index (κ1) is 13.2. The van der Waals surface area contributed by atoms with Gasteiger partial charge in [0, 0.05) is 28.6 Å². The summed E-state index contributed by atoms with van der Waals surface area (Å²) in [4.78, 5) is 5.83. The Morgan fingerprint density at radius 2 is 2.24 bits per heavy atom. The number of anilines is 1. The van der Waals surface area contributed by atoms with E-state index in [0.29, 0.717) is 0 Å². The highest BCUT2D eigenvalue weighted by atomic mass is 32.2. The summed E-state index contributed by atoms with van der Waals surface area (Å²) in [5.41, 5.74) is 0. The maximum Gasteiger partial charge on any atom is 0.182 e. The fourth-order valence-electron chi connectivity index (χ4n) is 2.12. The second-order valence-electron chi connectivity index (χ2n) is 4.63. The maximum absolute atomic E-state index is 4.41. The van der Waals surface area contributed by atoms with Gasteiger partial charge in [-0.3, -0.25) is 0 Å². The molecule has 0 saturated heterocycles. The van der Waals surface area contributed by atoms with Crippen molar-refractivity contribution in [3.8, 4) is 0 Å². The molecule has 1 fully saturated rings. The van der Waals surface area contributed by atoms with Gasteiger partial charge in [-0.05, 0) is 19.3 Å². The Hall–Kier alpha value is -0.220. The van der Waals surface area contributed by atoms with Crippen LogP contribution < -0.4 is 5.32 Å². The molecule has 0 spiro atoms. The van der Waals surface area contributed by atoms with Crippen molar-refractivity contribution in [1.29, 1.82) is 0 Å². The van der Waals surface area contributed by atoms with Crippen LogP contribution in [0.3, 0.4) is 0 Å². The molecule has 1 N–H and O–H groups in total. The topological polar surface area (TPSA) is 24.9 Å². The average Bonchev–Trinajstić information content (AvgIpc) is 2.83. The Labute approximate surface area is 113 Å². The van der Waals surface area contributed by atoms with E-state index >= 15 is 0 Å². The molecule has 0 aromatic carbocycles. The number of thioether (sulfide) groups is 1. The second kappa shape index (κ2) is 7.27. The van der Waals surface area contributed by atoms with Crippen molar-refractivity contribution in [2.24, 2.45) is 0 Å². The maximum atomic E-state index is 4.41. The van der Waals surface area contributed by atoms with Crippen molar-refractivity contribution in [3.05, 3.63) is 11.1 Å². The number of rotatable bonds is 6. The summed E-state index contributed by atoms with van der Waals surface area (Å²) in [7, 11) is 0. The molecule has 0 bridgehead atoms. The van der Waals surface area contributed by atoms with Crippen LogP contribution >= 0.6 is 23.1 Å². The van der Waals surface area contributed by atoms with Crippen molar-refractivity contribution in [2.45, 2.75) is 56.5 Å². The molecule has 0 radical (unpaired) electrons. The number of nitrogens with zero attached hydrogens (tertiary/aromatic N) is 1. The third-order valence-electron chi connectivity index (χ3n) is 3.09. The summed E-state index contributed by atoms with van der Waals surface area (Å²) < 4.78 is 0. The molecule has 96 valence electrons. The molecular weight excluding hydrogens is 248 g/mol. The van der Waals surface area contributed by atoms with E-state index in [-0.39, 0.29) is 0 Å². The van der Waals surface area contributed by atoms with E-state index in [1.54, 1.807) is 0 Å². The summed E-state index contributed by atoms with van der Waals surface area (Å²) in [6.07, 6.45) is 10.4. The van der Waals surface area contributed by atoms with Crippen molar-refractivity contribution in [2.75, 3.05) is 11.9 Å². The van der Waals surface area contributed by atoms with Gasteiger partial charge in [0.15, 0.2) is 5.13 Å². The Morgan fingerprint density at radius 3 is 3.00 bits per heavy atom. The normalized spacial score (nSPS) is 17.2. The van der Waals surface area contributed by atoms with E-state index < -0.39 is 0 Å². The molecular formula is C13H22N2S2. The van der Waals surface area contributed by atoms with Crippen molar-refractivity contribution >= 4 is 28.2 Å². The van der Waals surface area contributed by atoms with E-state index in [2.05, 4.69) is 29.0 Å². The van der Waals surface area contributed by atoms with Gasteiger partial charge in [0.2, 0.25) is 0 Å². The van der Waals surface area contributed by atoms with Crippen LogP contribution in [-0.2, 0) is 5.75 Å². The zero-order chi connectivity index (χ0) is 11.9. The lowest BCUT2D eigenvalue weighted by atomic mass is 10.0. The Kier molecular flexibility index (Phi) is 5.65. The third-order valence-corrected chi connectivity index (χ3v) is 5.65. The van der Waals surface area contributed by atoms with Gasteiger partial charge in [-0.1, -0.05) is 26.2 Å². The van der Waals surface area contributed by atoms with Crippen LogP contribution in [0.1, 0.15) is 50.3 Å². The van der Waals surface area contributed by atoms with E-state index in [4.69, 9.17) is 0 Å². The van der Waals surface area contributed by atoms with Gasteiger partial charge in [-0.2, -0.15) is 11.8 Å². The van der Waals surface area contributed by atoms with Gasteiger partial charge in [0.05, 0.1) is 0 Å². The molecule has 4 heteroatoms. The summed E-state index contributed by atoms with van der Waals surface area (Å²) in [6, 6.07) is 0. The van der Waals surface area contributed by atoms with Crippen molar-refractivity contribution < 1.29 is 0 Å². The minimum absolute atomic E-state index is 0.901. The van der Waals surface area contributed by atoms with E-state index in [1.165, 1.54) is 37.0 Å². The quantitative estimate of drug-likeness (QED) is 0.822. The lowest BCUT2D eigenvalue weighted by molar-refractivity contribution is 0.516. The minimum atomic E-state index is 0.901. The monoisotopic (exact) mass is 270 g/mol.